The van der Waals surface area contributed by atoms with Crippen molar-refractivity contribution in [3.63, 3.8) is 0 Å². The van der Waals surface area contributed by atoms with Crippen LogP contribution in [0.5, 0.6) is 0 Å². The van der Waals surface area contributed by atoms with Gasteiger partial charge >= 0.3 is 0 Å². The zero-order valence-electron chi connectivity index (χ0n) is 6.27. The molecule has 1 rings (SSSR count). The predicted molar refractivity (Wildman–Crippen MR) is 38.7 cm³/mol. The van der Waals surface area contributed by atoms with Gasteiger partial charge < -0.3 is 4.74 Å². The topological polar surface area (TPSA) is 9.23 Å². The van der Waals surface area contributed by atoms with Gasteiger partial charge in [-0.05, 0) is 24.8 Å². The van der Waals surface area contributed by atoms with Crippen LogP contribution in [-0.4, -0.2) is 19.9 Å². The van der Waals surface area contributed by atoms with Crippen molar-refractivity contribution in [2.24, 2.45) is 0 Å². The number of allylic oxidation sites excluding steroid dienone is 1. The first-order valence-corrected chi connectivity index (χ1v) is 3.64. The van der Waals surface area contributed by atoms with E-state index < -0.39 is 6.17 Å². The molecular weight excluding hydrogens is 131 g/mol. The highest BCUT2D eigenvalue weighted by molar-refractivity contribution is 5.06. The van der Waals surface area contributed by atoms with E-state index in [9.17, 15) is 4.39 Å². The molecule has 58 valence electrons. The molecule has 0 aromatic rings. The van der Waals surface area contributed by atoms with Crippen LogP contribution in [0.2, 0.25) is 0 Å². The second kappa shape index (κ2) is 3.71. The van der Waals surface area contributed by atoms with Crippen molar-refractivity contribution in [2.75, 3.05) is 13.7 Å². The number of rotatable bonds is 2. The molecule has 1 atom stereocenters. The van der Waals surface area contributed by atoms with E-state index in [4.69, 9.17) is 4.74 Å². The van der Waals surface area contributed by atoms with E-state index in [1.54, 1.807) is 7.11 Å². The second-order valence-electron chi connectivity index (χ2n) is 2.67. The van der Waals surface area contributed by atoms with Gasteiger partial charge in [0.25, 0.3) is 0 Å². The largest absolute Gasteiger partial charge is 0.380 e. The minimum absolute atomic E-state index is 0.582. The van der Waals surface area contributed by atoms with Gasteiger partial charge in [0, 0.05) is 7.11 Å². The molecule has 1 nitrogen and oxygen atoms in total. The van der Waals surface area contributed by atoms with Crippen LogP contribution in [-0.2, 0) is 4.74 Å². The number of hydrogen-bond donors (Lipinski definition) is 0. The molecule has 0 fully saturated rings. The number of halogens is 1. The normalized spacial score (nSPS) is 26.2. The Labute approximate surface area is 60.9 Å². The van der Waals surface area contributed by atoms with Crippen molar-refractivity contribution in [3.05, 3.63) is 11.6 Å². The van der Waals surface area contributed by atoms with Gasteiger partial charge in [-0.3, -0.25) is 0 Å². The lowest BCUT2D eigenvalue weighted by molar-refractivity contribution is 0.214. The minimum Gasteiger partial charge on any atom is -0.380 e. The zero-order chi connectivity index (χ0) is 7.40. The summed E-state index contributed by atoms with van der Waals surface area (Å²) in [6, 6.07) is 0. The molecule has 1 unspecified atom stereocenters. The molecule has 0 heterocycles. The summed E-state index contributed by atoms with van der Waals surface area (Å²) in [4.78, 5) is 0. The molecule has 1 aliphatic rings. The standard InChI is InChI=1S/C8H13FO/c1-10-6-7-2-4-8(9)5-3-7/h2,8H,3-6H2,1H3. The first-order chi connectivity index (χ1) is 4.83. The second-order valence-corrected chi connectivity index (χ2v) is 2.67. The Balaban J connectivity index is 2.33. The third-order valence-electron chi connectivity index (χ3n) is 1.77. The van der Waals surface area contributed by atoms with E-state index in [1.807, 2.05) is 6.08 Å². The van der Waals surface area contributed by atoms with Gasteiger partial charge in [0.2, 0.25) is 0 Å². The maximum Gasteiger partial charge on any atom is 0.104 e. The Morgan fingerprint density at radius 2 is 2.60 bits per heavy atom. The summed E-state index contributed by atoms with van der Waals surface area (Å²) >= 11 is 0. The highest BCUT2D eigenvalue weighted by Crippen LogP contribution is 2.20. The summed E-state index contributed by atoms with van der Waals surface area (Å²) in [6.45, 7) is 0.673. The highest BCUT2D eigenvalue weighted by Gasteiger charge is 2.11. The molecule has 0 aromatic carbocycles. The molecule has 10 heavy (non-hydrogen) atoms. The molecule has 0 aliphatic heterocycles. The number of alkyl halides is 1. The van der Waals surface area contributed by atoms with Gasteiger partial charge in [0.05, 0.1) is 6.61 Å². The fourth-order valence-electron chi connectivity index (χ4n) is 1.17. The summed E-state index contributed by atoms with van der Waals surface area (Å²) in [5.74, 6) is 0. The third-order valence-corrected chi connectivity index (χ3v) is 1.77. The quantitative estimate of drug-likeness (QED) is 0.539. The van der Waals surface area contributed by atoms with Crippen LogP contribution in [0.1, 0.15) is 19.3 Å². The average molecular weight is 144 g/mol. The Morgan fingerprint density at radius 3 is 3.10 bits per heavy atom. The van der Waals surface area contributed by atoms with Gasteiger partial charge in [0.1, 0.15) is 6.17 Å². The van der Waals surface area contributed by atoms with Crippen molar-refractivity contribution in [1.82, 2.24) is 0 Å². The van der Waals surface area contributed by atoms with Gasteiger partial charge in [-0.25, -0.2) is 4.39 Å². The lowest BCUT2D eigenvalue weighted by Gasteiger charge is -2.14. The number of hydrogen-bond acceptors (Lipinski definition) is 1. The Morgan fingerprint density at radius 1 is 1.80 bits per heavy atom. The van der Waals surface area contributed by atoms with E-state index in [-0.39, 0.29) is 0 Å². The van der Waals surface area contributed by atoms with Gasteiger partial charge in [-0.15, -0.1) is 0 Å². The molecule has 0 amide bonds. The number of methoxy groups -OCH3 is 1. The van der Waals surface area contributed by atoms with Crippen molar-refractivity contribution in [3.8, 4) is 0 Å². The van der Waals surface area contributed by atoms with Crippen molar-refractivity contribution < 1.29 is 9.13 Å². The Hall–Kier alpha value is -0.370. The molecule has 0 saturated carbocycles. The van der Waals surface area contributed by atoms with Crippen molar-refractivity contribution in [1.29, 1.82) is 0 Å². The first kappa shape index (κ1) is 7.73. The SMILES string of the molecule is COCC1=CCC(F)CC1. The molecule has 2 heteroatoms. The zero-order valence-corrected chi connectivity index (χ0v) is 6.27. The third kappa shape index (κ3) is 2.10. The summed E-state index contributed by atoms with van der Waals surface area (Å²) in [6.07, 6.45) is 3.47. The summed E-state index contributed by atoms with van der Waals surface area (Å²) in [5.41, 5.74) is 1.25. The predicted octanol–water partition coefficient (Wildman–Crippen LogP) is 2.08. The molecular formula is C8H13FO. The molecule has 0 bridgehead atoms. The summed E-state index contributed by atoms with van der Waals surface area (Å²) in [5, 5.41) is 0. The van der Waals surface area contributed by atoms with Crippen LogP contribution >= 0.6 is 0 Å². The Bertz CT molecular complexity index is 131. The van der Waals surface area contributed by atoms with E-state index >= 15 is 0 Å². The smallest absolute Gasteiger partial charge is 0.104 e. The van der Waals surface area contributed by atoms with E-state index in [2.05, 4.69) is 0 Å². The van der Waals surface area contributed by atoms with Crippen LogP contribution in [0, 0.1) is 0 Å². The van der Waals surface area contributed by atoms with Crippen LogP contribution in [0.3, 0.4) is 0 Å². The molecule has 0 radical (unpaired) electrons. The molecule has 1 aliphatic carbocycles. The monoisotopic (exact) mass is 144 g/mol. The van der Waals surface area contributed by atoms with Crippen LogP contribution in [0.15, 0.2) is 11.6 Å². The highest BCUT2D eigenvalue weighted by atomic mass is 19.1. The van der Waals surface area contributed by atoms with Crippen LogP contribution in [0.25, 0.3) is 0 Å². The van der Waals surface area contributed by atoms with Gasteiger partial charge in [-0.1, -0.05) is 6.08 Å². The minimum atomic E-state index is -0.611. The fourth-order valence-corrected chi connectivity index (χ4v) is 1.17. The van der Waals surface area contributed by atoms with Crippen LogP contribution in [0.4, 0.5) is 4.39 Å². The van der Waals surface area contributed by atoms with Crippen molar-refractivity contribution >= 4 is 0 Å². The van der Waals surface area contributed by atoms with Gasteiger partial charge in [0.15, 0.2) is 0 Å². The maximum atomic E-state index is 12.5. The van der Waals surface area contributed by atoms with Crippen LogP contribution < -0.4 is 0 Å². The van der Waals surface area contributed by atoms with E-state index in [1.165, 1.54) is 5.57 Å². The fraction of sp³-hybridized carbons (Fsp3) is 0.750. The van der Waals surface area contributed by atoms with E-state index in [0.717, 1.165) is 6.42 Å². The lowest BCUT2D eigenvalue weighted by atomic mass is 9.99. The first-order valence-electron chi connectivity index (χ1n) is 3.64. The Kier molecular flexibility index (Phi) is 2.87. The van der Waals surface area contributed by atoms with E-state index in [0.29, 0.717) is 19.4 Å². The lowest BCUT2D eigenvalue weighted by Crippen LogP contribution is -2.08. The summed E-state index contributed by atoms with van der Waals surface area (Å²) in [7, 11) is 1.67. The maximum absolute atomic E-state index is 12.5. The molecule has 0 N–H and O–H groups in total. The molecule has 0 saturated heterocycles. The number of ether oxygens (including phenoxy) is 1. The average Bonchev–Trinajstić information content (AvgIpc) is 1.95. The van der Waals surface area contributed by atoms with Crippen molar-refractivity contribution in [2.45, 2.75) is 25.4 Å². The molecule has 0 aromatic heterocycles. The summed E-state index contributed by atoms with van der Waals surface area (Å²) < 4.78 is 17.4. The molecule has 0 spiro atoms. The van der Waals surface area contributed by atoms with Gasteiger partial charge in [-0.2, -0.15) is 0 Å².